The molecule has 0 saturated carbocycles. The van der Waals surface area contributed by atoms with E-state index in [-0.39, 0.29) is 28.8 Å². The fraction of sp³-hybridized carbons (Fsp3) is 0.286. The summed E-state index contributed by atoms with van der Waals surface area (Å²) in [7, 11) is -3.97. The Kier molecular flexibility index (Phi) is 6.10. The third-order valence-electron chi connectivity index (χ3n) is 4.90. The molecule has 2 aromatic carbocycles. The van der Waals surface area contributed by atoms with Gasteiger partial charge in [-0.15, -0.1) is 0 Å². The number of morpholine rings is 1. The van der Waals surface area contributed by atoms with Crippen molar-refractivity contribution >= 4 is 38.6 Å². The second-order valence-corrected chi connectivity index (χ2v) is 8.68. The van der Waals surface area contributed by atoms with Gasteiger partial charge in [0.05, 0.1) is 35.7 Å². The van der Waals surface area contributed by atoms with Crippen molar-refractivity contribution in [3.05, 3.63) is 53.7 Å². The summed E-state index contributed by atoms with van der Waals surface area (Å²) in [6.07, 6.45) is 0. The van der Waals surface area contributed by atoms with E-state index in [1.807, 2.05) is 0 Å². The maximum absolute atomic E-state index is 12.9. The summed E-state index contributed by atoms with van der Waals surface area (Å²) in [6, 6.07) is 10.1. The first-order valence-electron chi connectivity index (χ1n) is 9.95. The zero-order valence-electron chi connectivity index (χ0n) is 17.2. The van der Waals surface area contributed by atoms with Crippen LogP contribution >= 0.6 is 0 Å². The fourth-order valence-electron chi connectivity index (χ4n) is 3.26. The van der Waals surface area contributed by atoms with Gasteiger partial charge in [-0.3, -0.25) is 9.52 Å². The summed E-state index contributed by atoms with van der Waals surface area (Å²) < 4.78 is 43.7. The third kappa shape index (κ3) is 4.43. The highest BCUT2D eigenvalue weighted by Gasteiger charge is 2.25. The minimum Gasteiger partial charge on any atom is -0.462 e. The maximum atomic E-state index is 12.9. The number of amides is 1. The zero-order chi connectivity index (χ0) is 22.7. The fourth-order valence-corrected chi connectivity index (χ4v) is 4.34. The van der Waals surface area contributed by atoms with E-state index in [9.17, 15) is 18.0 Å². The van der Waals surface area contributed by atoms with E-state index >= 15 is 0 Å². The molecule has 0 unspecified atom stereocenters. The van der Waals surface area contributed by atoms with Crippen molar-refractivity contribution in [3.8, 4) is 0 Å². The van der Waals surface area contributed by atoms with Gasteiger partial charge in [-0.25, -0.2) is 13.2 Å². The average Bonchev–Trinajstić information content (AvgIpc) is 3.23. The normalized spacial score (nSPS) is 14.3. The SMILES string of the molecule is CCOC(=O)c1ccc(NS(=O)(=O)c2ccc3onc(C(=O)N4CCOCC4)c3c2)cc1. The number of anilines is 1. The van der Waals surface area contributed by atoms with Crippen LogP contribution in [-0.4, -0.2) is 63.3 Å². The average molecular weight is 459 g/mol. The van der Waals surface area contributed by atoms with Gasteiger partial charge in [0.1, 0.15) is 0 Å². The first-order chi connectivity index (χ1) is 15.4. The molecule has 1 amide bonds. The van der Waals surface area contributed by atoms with E-state index in [4.69, 9.17) is 14.0 Å². The third-order valence-corrected chi connectivity index (χ3v) is 6.28. The molecule has 0 spiro atoms. The molecule has 2 heterocycles. The molecule has 168 valence electrons. The number of hydrogen-bond donors (Lipinski definition) is 1. The van der Waals surface area contributed by atoms with Crippen LogP contribution in [0.3, 0.4) is 0 Å². The monoisotopic (exact) mass is 459 g/mol. The zero-order valence-corrected chi connectivity index (χ0v) is 18.1. The van der Waals surface area contributed by atoms with Crippen molar-refractivity contribution in [1.29, 1.82) is 0 Å². The lowest BCUT2D eigenvalue weighted by atomic mass is 10.2. The minimum atomic E-state index is -3.97. The summed E-state index contributed by atoms with van der Waals surface area (Å²) >= 11 is 0. The largest absolute Gasteiger partial charge is 0.462 e. The number of sulfonamides is 1. The Morgan fingerprint density at radius 3 is 2.53 bits per heavy atom. The topological polar surface area (TPSA) is 128 Å². The Balaban J connectivity index is 1.58. The van der Waals surface area contributed by atoms with Crippen LogP contribution in [0.15, 0.2) is 51.9 Å². The molecule has 1 fully saturated rings. The number of rotatable bonds is 6. The summed E-state index contributed by atoms with van der Waals surface area (Å²) in [6.45, 7) is 3.66. The predicted octanol–water partition coefficient (Wildman–Crippen LogP) is 2.28. The van der Waals surface area contributed by atoms with Crippen LogP contribution in [0.5, 0.6) is 0 Å². The van der Waals surface area contributed by atoms with Crippen molar-refractivity contribution in [2.24, 2.45) is 0 Å². The van der Waals surface area contributed by atoms with Gasteiger partial charge in [0, 0.05) is 18.8 Å². The van der Waals surface area contributed by atoms with E-state index in [0.29, 0.717) is 42.8 Å². The predicted molar refractivity (Wildman–Crippen MR) is 114 cm³/mol. The number of ether oxygens (including phenoxy) is 2. The van der Waals surface area contributed by atoms with Gasteiger partial charge in [-0.2, -0.15) is 0 Å². The highest BCUT2D eigenvalue weighted by atomic mass is 32.2. The minimum absolute atomic E-state index is 0.0535. The summed E-state index contributed by atoms with van der Waals surface area (Å²) in [5.41, 5.74) is 0.942. The van der Waals surface area contributed by atoms with E-state index in [0.717, 1.165) is 0 Å². The summed E-state index contributed by atoms with van der Waals surface area (Å²) in [5.74, 6) is -0.832. The molecule has 0 aliphatic carbocycles. The smallest absolute Gasteiger partial charge is 0.338 e. The molecule has 11 heteroatoms. The number of fused-ring (bicyclic) bond motifs is 1. The number of nitrogens with zero attached hydrogens (tertiary/aromatic N) is 2. The molecule has 0 atom stereocenters. The lowest BCUT2D eigenvalue weighted by Crippen LogP contribution is -2.40. The Hall–Kier alpha value is -3.44. The van der Waals surface area contributed by atoms with E-state index < -0.39 is 16.0 Å². The van der Waals surface area contributed by atoms with Crippen LogP contribution in [0.25, 0.3) is 11.0 Å². The Morgan fingerprint density at radius 1 is 1.12 bits per heavy atom. The molecule has 1 aliphatic rings. The van der Waals surface area contributed by atoms with Gasteiger partial charge in [0.25, 0.3) is 15.9 Å². The maximum Gasteiger partial charge on any atom is 0.338 e. The van der Waals surface area contributed by atoms with Gasteiger partial charge in [0.2, 0.25) is 0 Å². The second kappa shape index (κ2) is 8.97. The molecule has 10 nitrogen and oxygen atoms in total. The van der Waals surface area contributed by atoms with E-state index in [2.05, 4.69) is 9.88 Å². The van der Waals surface area contributed by atoms with Crippen LogP contribution < -0.4 is 4.72 Å². The molecule has 1 aliphatic heterocycles. The van der Waals surface area contributed by atoms with Crippen LogP contribution in [-0.2, 0) is 19.5 Å². The summed E-state index contributed by atoms with van der Waals surface area (Å²) in [5, 5.41) is 4.16. The quantitative estimate of drug-likeness (QED) is 0.556. The van der Waals surface area contributed by atoms with Gasteiger partial charge < -0.3 is 18.9 Å². The van der Waals surface area contributed by atoms with Crippen LogP contribution in [0.1, 0.15) is 27.8 Å². The molecular formula is C21H21N3O7S. The van der Waals surface area contributed by atoms with Crippen molar-refractivity contribution in [1.82, 2.24) is 10.1 Å². The number of aromatic nitrogens is 1. The summed E-state index contributed by atoms with van der Waals surface area (Å²) in [4.78, 5) is 26.1. The first-order valence-corrected chi connectivity index (χ1v) is 11.4. The van der Waals surface area contributed by atoms with Gasteiger partial charge in [0.15, 0.2) is 11.3 Å². The van der Waals surface area contributed by atoms with Gasteiger partial charge in [-0.05, 0) is 49.4 Å². The number of carbonyl (C=O) groups is 2. The van der Waals surface area contributed by atoms with E-state index in [1.54, 1.807) is 11.8 Å². The second-order valence-electron chi connectivity index (χ2n) is 7.00. The van der Waals surface area contributed by atoms with Crippen molar-refractivity contribution in [2.75, 3.05) is 37.6 Å². The first kappa shape index (κ1) is 21.8. The number of esters is 1. The molecular weight excluding hydrogens is 438 g/mol. The standard InChI is InChI=1S/C21H21N3O7S/c1-2-30-21(26)14-3-5-15(6-4-14)23-32(27,28)16-7-8-18-17(13-16)19(22-31-18)20(25)24-9-11-29-12-10-24/h3-8,13,23H,2,9-12H2,1H3. The molecule has 1 N–H and O–H groups in total. The molecule has 32 heavy (non-hydrogen) atoms. The molecule has 1 aromatic heterocycles. The lowest BCUT2D eigenvalue weighted by Gasteiger charge is -2.25. The Morgan fingerprint density at radius 2 is 1.84 bits per heavy atom. The molecule has 0 bridgehead atoms. The van der Waals surface area contributed by atoms with Gasteiger partial charge in [-0.1, -0.05) is 5.16 Å². The highest BCUT2D eigenvalue weighted by molar-refractivity contribution is 7.92. The van der Waals surface area contributed by atoms with Crippen LogP contribution in [0.2, 0.25) is 0 Å². The van der Waals surface area contributed by atoms with Crippen molar-refractivity contribution in [2.45, 2.75) is 11.8 Å². The van der Waals surface area contributed by atoms with Crippen LogP contribution in [0.4, 0.5) is 5.69 Å². The lowest BCUT2D eigenvalue weighted by molar-refractivity contribution is 0.0297. The Bertz CT molecular complexity index is 1250. The molecule has 3 aromatic rings. The number of carbonyl (C=O) groups excluding carboxylic acids is 2. The van der Waals surface area contributed by atoms with Crippen LogP contribution in [0, 0.1) is 0 Å². The van der Waals surface area contributed by atoms with E-state index in [1.165, 1.54) is 42.5 Å². The van der Waals surface area contributed by atoms with Gasteiger partial charge >= 0.3 is 5.97 Å². The molecule has 1 saturated heterocycles. The number of nitrogens with one attached hydrogen (secondary N) is 1. The number of benzene rings is 2. The molecule has 0 radical (unpaired) electrons. The Labute approximate surface area is 184 Å². The van der Waals surface area contributed by atoms with Crippen molar-refractivity contribution < 1.29 is 32.0 Å². The number of hydrogen-bond acceptors (Lipinski definition) is 8. The highest BCUT2D eigenvalue weighted by Crippen LogP contribution is 2.25. The molecule has 4 rings (SSSR count). The van der Waals surface area contributed by atoms with Crippen molar-refractivity contribution in [3.63, 3.8) is 0 Å².